The van der Waals surface area contributed by atoms with Crippen LogP contribution in [0.2, 0.25) is 0 Å². The van der Waals surface area contributed by atoms with Crippen LogP contribution < -0.4 is 0 Å². The van der Waals surface area contributed by atoms with E-state index in [9.17, 15) is 35.7 Å². The largest absolute Gasteiger partial charge is 0.394 e. The molecule has 2 heterocycles. The Kier molecular flexibility index (Phi) is 19.5. The molecule has 2 rings (SSSR count). The van der Waals surface area contributed by atoms with Crippen LogP contribution in [0.25, 0.3) is 0 Å². The van der Waals surface area contributed by atoms with Gasteiger partial charge in [-0.1, -0.05) is 64.7 Å². The zero-order valence-corrected chi connectivity index (χ0v) is 25.2. The van der Waals surface area contributed by atoms with Crippen molar-refractivity contribution in [3.8, 4) is 0 Å². The molecule has 0 aliphatic carbocycles. The smallest absolute Gasteiger partial charge is 0.187 e. The van der Waals surface area contributed by atoms with Crippen molar-refractivity contribution < 1.29 is 59.4 Å². The number of hydrogen-bond acceptors (Lipinski definition) is 13. The minimum atomic E-state index is -1.69. The highest BCUT2D eigenvalue weighted by atomic mass is 32.2. The summed E-state index contributed by atoms with van der Waals surface area (Å²) in [5.74, 6) is 0.462. The number of unbranched alkanes of at least 4 members (excludes halogenated alkanes) is 9. The normalized spacial score (nSPS) is 34.2. The van der Waals surface area contributed by atoms with Crippen molar-refractivity contribution in [3.05, 3.63) is 0 Å². The predicted octanol–water partition coefficient (Wildman–Crippen LogP) is 0.298. The minimum absolute atomic E-state index is 0.379. The summed E-state index contributed by atoms with van der Waals surface area (Å²) in [6.45, 7) is 3.09. The van der Waals surface area contributed by atoms with Crippen LogP contribution in [0.5, 0.6) is 0 Å². The van der Waals surface area contributed by atoms with Gasteiger partial charge in [-0.05, 0) is 6.42 Å². The molecule has 0 unspecified atom stereocenters. The molecule has 7 N–H and O–H groups in total. The second-order valence-electron chi connectivity index (χ2n) is 10.8. The molecule has 2 aliphatic rings. The number of hydrogen-bond donors (Lipinski definition) is 7. The van der Waals surface area contributed by atoms with Crippen molar-refractivity contribution in [3.63, 3.8) is 0 Å². The van der Waals surface area contributed by atoms with Gasteiger partial charge in [-0.25, -0.2) is 0 Å². The Morgan fingerprint density at radius 2 is 1.17 bits per heavy atom. The first-order chi connectivity index (χ1) is 19.8. The average Bonchev–Trinajstić information content (AvgIpc) is 2.98. The first kappa shape index (κ1) is 37.1. The minimum Gasteiger partial charge on any atom is -0.394 e. The van der Waals surface area contributed by atoms with Gasteiger partial charge < -0.3 is 59.4 Å². The lowest BCUT2D eigenvalue weighted by atomic mass is 9.97. The molecular weight excluding hydrogens is 560 g/mol. The summed E-state index contributed by atoms with van der Waals surface area (Å²) in [7, 11) is 0. The molecule has 0 saturated carbocycles. The van der Waals surface area contributed by atoms with E-state index in [4.69, 9.17) is 23.7 Å². The fourth-order valence-electron chi connectivity index (χ4n) is 4.93. The van der Waals surface area contributed by atoms with E-state index < -0.39 is 73.8 Å². The lowest BCUT2D eigenvalue weighted by molar-refractivity contribution is -0.338. The lowest BCUT2D eigenvalue weighted by Gasteiger charge is -2.46. The number of ether oxygens (including phenoxy) is 5. The van der Waals surface area contributed by atoms with Gasteiger partial charge in [0.25, 0.3) is 0 Å². The summed E-state index contributed by atoms with van der Waals surface area (Å²) in [6, 6.07) is 0. The molecule has 0 spiro atoms. The van der Waals surface area contributed by atoms with Gasteiger partial charge in [0.05, 0.1) is 33.0 Å². The summed E-state index contributed by atoms with van der Waals surface area (Å²) >= 11 is 1.22. The summed E-state index contributed by atoms with van der Waals surface area (Å²) in [4.78, 5) is 0. The molecule has 12 nitrogen and oxygen atoms in total. The molecule has 244 valence electrons. The van der Waals surface area contributed by atoms with E-state index in [0.717, 1.165) is 13.0 Å². The SMILES string of the molecule is CCCCCCCCCCCCOCCOCCS[C@@H]1O[C@H](CO)[C@@H](O[C@@H]2O[C@H](CO)[C@H](O)[C@H](O)[C@H]2O)[C@H](O)[C@H]1O. The van der Waals surface area contributed by atoms with Crippen molar-refractivity contribution >= 4 is 11.8 Å². The number of aliphatic hydroxyl groups is 7. The topological polar surface area (TPSA) is 188 Å². The zero-order valence-electron chi connectivity index (χ0n) is 24.4. The second-order valence-corrected chi connectivity index (χ2v) is 12.0. The van der Waals surface area contributed by atoms with E-state index in [1.54, 1.807) is 0 Å². The van der Waals surface area contributed by atoms with Crippen molar-refractivity contribution in [2.45, 2.75) is 132 Å². The molecular formula is C28H54O12S. The van der Waals surface area contributed by atoms with E-state index in [-0.39, 0.29) is 0 Å². The Morgan fingerprint density at radius 3 is 1.78 bits per heavy atom. The molecule has 13 heteroatoms. The molecule has 2 aliphatic heterocycles. The van der Waals surface area contributed by atoms with Gasteiger partial charge in [0.15, 0.2) is 6.29 Å². The van der Waals surface area contributed by atoms with E-state index in [1.807, 2.05) is 0 Å². The third-order valence-electron chi connectivity index (χ3n) is 7.48. The van der Waals surface area contributed by atoms with Crippen molar-refractivity contribution in [1.82, 2.24) is 0 Å². The van der Waals surface area contributed by atoms with E-state index >= 15 is 0 Å². The Balaban J connectivity index is 1.56. The van der Waals surface area contributed by atoms with Crippen LogP contribution in [-0.2, 0) is 23.7 Å². The molecule has 0 aromatic heterocycles. The van der Waals surface area contributed by atoms with Crippen LogP contribution in [0.1, 0.15) is 71.1 Å². The Labute approximate surface area is 248 Å². The van der Waals surface area contributed by atoms with E-state index in [0.29, 0.717) is 25.6 Å². The second kappa shape index (κ2) is 21.6. The lowest BCUT2D eigenvalue weighted by Crippen LogP contribution is -2.64. The van der Waals surface area contributed by atoms with Gasteiger partial charge >= 0.3 is 0 Å². The zero-order chi connectivity index (χ0) is 30.0. The highest BCUT2D eigenvalue weighted by Gasteiger charge is 2.50. The van der Waals surface area contributed by atoms with Crippen LogP contribution in [0.3, 0.4) is 0 Å². The number of thioether (sulfide) groups is 1. The van der Waals surface area contributed by atoms with Gasteiger partial charge in [0.2, 0.25) is 0 Å². The highest BCUT2D eigenvalue weighted by Crippen LogP contribution is 2.32. The maximum Gasteiger partial charge on any atom is 0.187 e. The molecule has 0 radical (unpaired) electrons. The third kappa shape index (κ3) is 12.8. The maximum absolute atomic E-state index is 10.7. The highest BCUT2D eigenvalue weighted by molar-refractivity contribution is 7.99. The molecule has 41 heavy (non-hydrogen) atoms. The Morgan fingerprint density at radius 1 is 0.585 bits per heavy atom. The first-order valence-corrected chi connectivity index (χ1v) is 16.3. The first-order valence-electron chi connectivity index (χ1n) is 15.2. The Hall–Kier alpha value is -0.130. The maximum atomic E-state index is 10.7. The van der Waals surface area contributed by atoms with Gasteiger partial charge in [-0.3, -0.25) is 0 Å². The summed E-state index contributed by atoms with van der Waals surface area (Å²) in [6.07, 6.45) is -0.115. The molecule has 2 saturated heterocycles. The van der Waals surface area contributed by atoms with Crippen LogP contribution in [0.15, 0.2) is 0 Å². The van der Waals surface area contributed by atoms with Crippen LogP contribution in [0.4, 0.5) is 0 Å². The van der Waals surface area contributed by atoms with Crippen molar-refractivity contribution in [2.75, 3.05) is 45.4 Å². The van der Waals surface area contributed by atoms with Crippen LogP contribution in [0, 0.1) is 0 Å². The van der Waals surface area contributed by atoms with E-state index in [1.165, 1.54) is 69.5 Å². The summed E-state index contributed by atoms with van der Waals surface area (Å²) in [5.41, 5.74) is -0.868. The fraction of sp³-hybridized carbons (Fsp3) is 1.00. The van der Waals surface area contributed by atoms with Gasteiger partial charge in [0.1, 0.15) is 54.3 Å². The van der Waals surface area contributed by atoms with Gasteiger partial charge in [0, 0.05) is 12.4 Å². The number of aliphatic hydroxyl groups excluding tert-OH is 7. The average molecular weight is 615 g/mol. The quantitative estimate of drug-likeness (QED) is 0.0826. The molecule has 0 aromatic rings. The van der Waals surface area contributed by atoms with Crippen molar-refractivity contribution in [1.29, 1.82) is 0 Å². The fourth-order valence-corrected chi connectivity index (χ4v) is 5.96. The van der Waals surface area contributed by atoms with Gasteiger partial charge in [-0.15, -0.1) is 11.8 Å². The third-order valence-corrected chi connectivity index (χ3v) is 8.61. The molecule has 0 bridgehead atoms. The predicted molar refractivity (Wildman–Crippen MR) is 152 cm³/mol. The van der Waals surface area contributed by atoms with Gasteiger partial charge in [-0.2, -0.15) is 0 Å². The Bertz CT molecular complexity index is 645. The van der Waals surface area contributed by atoms with Crippen LogP contribution in [-0.4, -0.2) is 142 Å². The van der Waals surface area contributed by atoms with Crippen LogP contribution >= 0.6 is 11.8 Å². The molecule has 0 amide bonds. The van der Waals surface area contributed by atoms with E-state index in [2.05, 4.69) is 6.92 Å². The molecule has 2 fully saturated rings. The standard InChI is InChI=1S/C28H54O12S/c1-2-3-4-5-6-7-8-9-10-11-12-36-13-14-37-15-16-41-28-25(35)23(33)26(20(18-30)39-28)40-27-24(34)22(32)21(31)19(17-29)38-27/h19-35H,2-18H2,1H3/t19-,20-,21+,22+,23-,24-,25-,26-,27+,28+/m1/s1. The number of rotatable bonds is 22. The summed E-state index contributed by atoms with van der Waals surface area (Å²) < 4.78 is 27.8. The van der Waals surface area contributed by atoms with Crippen molar-refractivity contribution in [2.24, 2.45) is 0 Å². The molecule has 0 aromatic carbocycles. The monoisotopic (exact) mass is 614 g/mol. The molecule has 10 atom stereocenters. The summed E-state index contributed by atoms with van der Waals surface area (Å²) in [5, 5.41) is 70.6.